The Balaban J connectivity index is 1.99. The number of hydrogen-bond donors (Lipinski definition) is 8. The van der Waals surface area contributed by atoms with Crippen LogP contribution in [0.5, 0.6) is 0 Å². The molecule has 1 aromatic heterocycles. The molecule has 3 atom stereocenters. The number of hydrazine groups is 1. The Kier molecular flexibility index (Phi) is 19.9. The van der Waals surface area contributed by atoms with Crippen molar-refractivity contribution in [1.29, 1.82) is 5.41 Å². The zero-order valence-corrected chi connectivity index (χ0v) is 30.9. The SMILES string of the molecule is N=C(c1nc(N(CCON[C@H](C=O)CCC(=O)O)CCON[C@H](C=O)CCC(=O)O)nc(N2CCCCC2)c1NN[C@H](C=O)CCC(=O)O)N1CCCCC1. The molecule has 55 heavy (non-hydrogen) atoms. The summed E-state index contributed by atoms with van der Waals surface area (Å²) in [5.74, 6) is -2.42. The summed E-state index contributed by atoms with van der Waals surface area (Å²) in [6, 6.07) is -2.61. The second kappa shape index (κ2) is 24.6. The fraction of sp³-hybridized carbons (Fsp3) is 0.676. The summed E-state index contributed by atoms with van der Waals surface area (Å²) in [5.41, 5.74) is 11.7. The van der Waals surface area contributed by atoms with Crippen molar-refractivity contribution in [2.45, 2.75) is 95.2 Å². The number of hydroxylamine groups is 2. The highest BCUT2D eigenvalue weighted by atomic mass is 16.6. The zero-order valence-electron chi connectivity index (χ0n) is 30.9. The van der Waals surface area contributed by atoms with Crippen LogP contribution in [0.15, 0.2) is 0 Å². The number of nitrogens with zero attached hydrogens (tertiary/aromatic N) is 5. The van der Waals surface area contributed by atoms with E-state index in [0.29, 0.717) is 56.5 Å². The third kappa shape index (κ3) is 15.8. The van der Waals surface area contributed by atoms with E-state index in [1.165, 1.54) is 0 Å². The fourth-order valence-corrected chi connectivity index (χ4v) is 5.91. The number of aromatic nitrogens is 2. The van der Waals surface area contributed by atoms with E-state index in [-0.39, 0.29) is 82.3 Å². The molecule has 21 nitrogen and oxygen atoms in total. The molecule has 306 valence electrons. The van der Waals surface area contributed by atoms with Crippen LogP contribution in [0.4, 0.5) is 17.5 Å². The predicted octanol–water partition coefficient (Wildman–Crippen LogP) is 0.340. The highest BCUT2D eigenvalue weighted by Gasteiger charge is 2.29. The van der Waals surface area contributed by atoms with Gasteiger partial charge in [0.2, 0.25) is 5.95 Å². The van der Waals surface area contributed by atoms with E-state index in [9.17, 15) is 39.3 Å². The van der Waals surface area contributed by atoms with Crippen molar-refractivity contribution in [3.05, 3.63) is 5.69 Å². The lowest BCUT2D eigenvalue weighted by Gasteiger charge is -2.34. The molecule has 0 spiro atoms. The van der Waals surface area contributed by atoms with Crippen molar-refractivity contribution in [2.75, 3.05) is 67.7 Å². The van der Waals surface area contributed by atoms with Crippen LogP contribution < -0.4 is 31.6 Å². The maximum Gasteiger partial charge on any atom is 0.303 e. The van der Waals surface area contributed by atoms with Crippen LogP contribution in [0.25, 0.3) is 0 Å². The molecule has 0 aromatic carbocycles. The Hall–Kier alpha value is -4.83. The molecule has 0 saturated carbocycles. The molecule has 2 saturated heterocycles. The molecule has 3 rings (SSSR count). The van der Waals surface area contributed by atoms with Gasteiger partial charge in [0.25, 0.3) is 0 Å². The lowest BCUT2D eigenvalue weighted by atomic mass is 10.1. The molecule has 2 fully saturated rings. The largest absolute Gasteiger partial charge is 0.481 e. The number of carboxylic acids is 3. The van der Waals surface area contributed by atoms with Gasteiger partial charge < -0.3 is 49.8 Å². The van der Waals surface area contributed by atoms with Gasteiger partial charge in [-0.1, -0.05) is 0 Å². The molecule has 3 heterocycles. The molecule has 8 N–H and O–H groups in total. The number of nitrogens with one attached hydrogen (secondary N) is 5. The van der Waals surface area contributed by atoms with Gasteiger partial charge in [-0.3, -0.25) is 29.5 Å². The molecule has 0 radical (unpaired) electrons. The molecule has 2 aliphatic rings. The Labute approximate surface area is 318 Å². The van der Waals surface area contributed by atoms with E-state index in [4.69, 9.17) is 29.9 Å². The van der Waals surface area contributed by atoms with Gasteiger partial charge in [0.15, 0.2) is 5.82 Å². The van der Waals surface area contributed by atoms with Gasteiger partial charge >= 0.3 is 17.9 Å². The number of aldehydes is 3. The predicted molar refractivity (Wildman–Crippen MR) is 198 cm³/mol. The quantitative estimate of drug-likeness (QED) is 0.0187. The van der Waals surface area contributed by atoms with Crippen LogP contribution >= 0.6 is 0 Å². The zero-order chi connectivity index (χ0) is 40.0. The van der Waals surface area contributed by atoms with Gasteiger partial charge in [0, 0.05) is 58.5 Å². The molecule has 0 bridgehead atoms. The summed E-state index contributed by atoms with van der Waals surface area (Å²) in [4.78, 5) is 94.8. The lowest BCUT2D eigenvalue weighted by molar-refractivity contribution is -0.138. The molecule has 0 aliphatic carbocycles. The number of rotatable bonds is 28. The molecule has 21 heteroatoms. The average molecular weight is 779 g/mol. The van der Waals surface area contributed by atoms with Crippen LogP contribution in [-0.2, 0) is 38.4 Å². The van der Waals surface area contributed by atoms with Gasteiger partial charge in [0.05, 0.1) is 31.3 Å². The molecule has 0 amide bonds. The smallest absolute Gasteiger partial charge is 0.303 e. The topological polar surface area (TPSA) is 289 Å². The Morgan fingerprint density at radius 2 is 1.20 bits per heavy atom. The summed E-state index contributed by atoms with van der Waals surface area (Å²) >= 11 is 0. The van der Waals surface area contributed by atoms with Crippen molar-refractivity contribution in [3.8, 4) is 0 Å². The second-order valence-electron chi connectivity index (χ2n) is 13.2. The van der Waals surface area contributed by atoms with E-state index in [0.717, 1.165) is 38.5 Å². The van der Waals surface area contributed by atoms with Crippen LogP contribution in [0.1, 0.15) is 82.7 Å². The number of carbonyl (C=O) groups excluding carboxylic acids is 3. The van der Waals surface area contributed by atoms with Crippen LogP contribution in [-0.4, -0.2) is 143 Å². The number of hydrogen-bond acceptors (Lipinski definition) is 17. The van der Waals surface area contributed by atoms with Crippen LogP contribution in [0, 0.1) is 5.41 Å². The average Bonchev–Trinajstić information content (AvgIpc) is 3.19. The maximum absolute atomic E-state index is 11.9. The number of anilines is 3. The summed E-state index contributed by atoms with van der Waals surface area (Å²) in [6.45, 7) is 2.70. The normalized spacial score (nSPS) is 16.1. The molecule has 0 unspecified atom stereocenters. The summed E-state index contributed by atoms with van der Waals surface area (Å²) in [7, 11) is 0. The second-order valence-corrected chi connectivity index (χ2v) is 13.2. The first-order valence-electron chi connectivity index (χ1n) is 18.6. The maximum atomic E-state index is 11.9. The highest BCUT2D eigenvalue weighted by Crippen LogP contribution is 2.32. The minimum Gasteiger partial charge on any atom is -0.481 e. The van der Waals surface area contributed by atoms with Gasteiger partial charge in [-0.25, -0.2) is 10.4 Å². The van der Waals surface area contributed by atoms with Crippen molar-refractivity contribution in [3.63, 3.8) is 0 Å². The first-order chi connectivity index (χ1) is 26.6. The first kappa shape index (κ1) is 44.6. The Bertz CT molecular complexity index is 1390. The number of likely N-dealkylation sites (tertiary alicyclic amines) is 1. The highest BCUT2D eigenvalue weighted by molar-refractivity contribution is 6.02. The van der Waals surface area contributed by atoms with E-state index in [1.54, 1.807) is 4.90 Å². The van der Waals surface area contributed by atoms with E-state index in [1.807, 2.05) is 4.90 Å². The van der Waals surface area contributed by atoms with Crippen LogP contribution in [0.3, 0.4) is 0 Å². The monoisotopic (exact) mass is 778 g/mol. The number of carboxylic acid groups (broad SMARTS) is 3. The van der Waals surface area contributed by atoms with Crippen molar-refractivity contribution in [2.24, 2.45) is 0 Å². The lowest BCUT2D eigenvalue weighted by Crippen LogP contribution is -2.42. The minimum atomic E-state index is -1.06. The fourth-order valence-electron chi connectivity index (χ4n) is 5.91. The van der Waals surface area contributed by atoms with E-state index < -0.39 is 36.0 Å². The summed E-state index contributed by atoms with van der Waals surface area (Å²) in [6.07, 6.45) is 6.57. The van der Waals surface area contributed by atoms with Crippen molar-refractivity contribution >= 4 is 60.1 Å². The van der Waals surface area contributed by atoms with Crippen LogP contribution in [0.2, 0.25) is 0 Å². The third-order valence-electron chi connectivity index (χ3n) is 8.99. The van der Waals surface area contributed by atoms with Gasteiger partial charge in [-0.15, -0.1) is 0 Å². The van der Waals surface area contributed by atoms with Crippen molar-refractivity contribution in [1.82, 2.24) is 31.3 Å². The van der Waals surface area contributed by atoms with E-state index >= 15 is 0 Å². The van der Waals surface area contributed by atoms with Crippen molar-refractivity contribution < 1.29 is 53.8 Å². The molecule has 1 aromatic rings. The Morgan fingerprint density at radius 3 is 1.67 bits per heavy atom. The third-order valence-corrected chi connectivity index (χ3v) is 8.99. The molecular weight excluding hydrogens is 724 g/mol. The Morgan fingerprint density at radius 1 is 0.727 bits per heavy atom. The van der Waals surface area contributed by atoms with Gasteiger partial charge in [-0.2, -0.15) is 15.9 Å². The minimum absolute atomic E-state index is 0.00980. The number of piperidine rings is 2. The van der Waals surface area contributed by atoms with E-state index in [2.05, 4.69) is 26.7 Å². The summed E-state index contributed by atoms with van der Waals surface area (Å²) in [5, 5.41) is 36.6. The van der Waals surface area contributed by atoms with Gasteiger partial charge in [0.1, 0.15) is 36.1 Å². The van der Waals surface area contributed by atoms with Gasteiger partial charge in [-0.05, 0) is 57.8 Å². The number of aliphatic carboxylic acids is 3. The molecular formula is C34H54N10O11. The standard InChI is InChI=1S/C34H54N10O11/c35-32(42-13-3-1-4-14-42)30-31(39-38-24(21-45)7-10-27(48)49)33(43-15-5-2-6-16-43)37-34(36-30)44(17-19-54-40-25(22-46)8-11-28(50)51)18-20-55-41-26(23-47)9-12-29(52)53/h21-26,35,38-41H,1-20H2,(H,48,49)(H,50,51)(H,52,53)/t24-,25-,26-/m0/s1. The molecule has 2 aliphatic heterocycles. The first-order valence-corrected chi connectivity index (χ1v) is 18.6. The summed E-state index contributed by atoms with van der Waals surface area (Å²) < 4.78 is 0. The number of carbonyl (C=O) groups is 6. The number of amidine groups is 1.